The van der Waals surface area contributed by atoms with E-state index in [0.717, 1.165) is 18.4 Å². The monoisotopic (exact) mass is 431 g/mol. The third kappa shape index (κ3) is 2.92. The molecule has 1 saturated heterocycles. The van der Waals surface area contributed by atoms with Gasteiger partial charge in [0.1, 0.15) is 10.7 Å². The van der Waals surface area contributed by atoms with E-state index in [-0.39, 0.29) is 0 Å². The summed E-state index contributed by atoms with van der Waals surface area (Å²) in [6, 6.07) is 9.81. The number of piperidine rings is 1. The molecule has 1 aliphatic rings. The standard InChI is InChI=1S/C17H15BrClN7/c18-14-13-12(9-20)22-16(23-15(13)25-24-14)26-7-5-17(21,6-8-26)10-1-3-11(19)4-2-10/h1-4H,5-8,21H2,(H,22,23,24,25). The van der Waals surface area contributed by atoms with Gasteiger partial charge in [0.2, 0.25) is 5.95 Å². The number of aromatic amines is 1. The molecular weight excluding hydrogens is 418 g/mol. The molecule has 0 radical (unpaired) electrons. The molecule has 0 aliphatic carbocycles. The van der Waals surface area contributed by atoms with Gasteiger partial charge >= 0.3 is 0 Å². The van der Waals surface area contributed by atoms with Gasteiger partial charge in [-0.15, -0.1) is 0 Å². The zero-order chi connectivity index (χ0) is 18.3. The summed E-state index contributed by atoms with van der Waals surface area (Å²) < 4.78 is 0.609. The number of nitrogens with two attached hydrogens (primary N) is 1. The first kappa shape index (κ1) is 17.2. The van der Waals surface area contributed by atoms with E-state index in [9.17, 15) is 5.26 Å². The highest BCUT2D eigenvalue weighted by Crippen LogP contribution is 2.33. The Balaban J connectivity index is 1.59. The zero-order valence-corrected chi connectivity index (χ0v) is 16.0. The first-order valence-corrected chi connectivity index (χ1v) is 9.29. The summed E-state index contributed by atoms with van der Waals surface area (Å²) in [7, 11) is 0. The molecular formula is C17H15BrClN7. The van der Waals surface area contributed by atoms with Crippen LogP contribution in [0.2, 0.25) is 5.02 Å². The second-order valence-electron chi connectivity index (χ2n) is 6.37. The Morgan fingerprint density at radius 3 is 2.58 bits per heavy atom. The summed E-state index contributed by atoms with van der Waals surface area (Å²) in [5, 5.41) is 17.6. The number of halogens is 2. The lowest BCUT2D eigenvalue weighted by atomic mass is 9.82. The Kier molecular flexibility index (Phi) is 4.31. The van der Waals surface area contributed by atoms with Crippen LogP contribution >= 0.6 is 27.5 Å². The van der Waals surface area contributed by atoms with Gasteiger partial charge in [0.25, 0.3) is 0 Å². The van der Waals surface area contributed by atoms with Gasteiger partial charge in [0.15, 0.2) is 11.3 Å². The van der Waals surface area contributed by atoms with Gasteiger partial charge in [0, 0.05) is 23.7 Å². The molecule has 3 N–H and O–H groups in total. The van der Waals surface area contributed by atoms with Gasteiger partial charge in [-0.3, -0.25) is 5.10 Å². The van der Waals surface area contributed by atoms with Crippen molar-refractivity contribution in [3.63, 3.8) is 0 Å². The van der Waals surface area contributed by atoms with E-state index >= 15 is 0 Å². The first-order chi connectivity index (χ1) is 12.5. The van der Waals surface area contributed by atoms with Crippen molar-refractivity contribution in [3.05, 3.63) is 45.1 Å². The van der Waals surface area contributed by atoms with Crippen molar-refractivity contribution in [2.45, 2.75) is 18.4 Å². The SMILES string of the molecule is N#Cc1nc(N2CCC(N)(c3ccc(Cl)cc3)CC2)nc2n[nH]c(Br)c12. The molecule has 0 amide bonds. The molecule has 26 heavy (non-hydrogen) atoms. The second kappa shape index (κ2) is 6.50. The number of hydrogen-bond donors (Lipinski definition) is 2. The molecule has 1 aliphatic heterocycles. The Hall–Kier alpha value is -2.21. The molecule has 3 heterocycles. The quantitative estimate of drug-likeness (QED) is 0.644. The lowest BCUT2D eigenvalue weighted by Crippen LogP contribution is -2.48. The largest absolute Gasteiger partial charge is 0.341 e. The number of nitriles is 1. The summed E-state index contributed by atoms with van der Waals surface area (Å²) in [6.07, 6.45) is 1.50. The highest BCUT2D eigenvalue weighted by molar-refractivity contribution is 9.10. The molecule has 9 heteroatoms. The van der Waals surface area contributed by atoms with Crippen LogP contribution in [0.4, 0.5) is 5.95 Å². The van der Waals surface area contributed by atoms with E-state index in [4.69, 9.17) is 17.3 Å². The van der Waals surface area contributed by atoms with Crippen molar-refractivity contribution in [2.75, 3.05) is 18.0 Å². The van der Waals surface area contributed by atoms with Crippen molar-refractivity contribution in [3.8, 4) is 6.07 Å². The lowest BCUT2D eigenvalue weighted by molar-refractivity contribution is 0.340. The minimum Gasteiger partial charge on any atom is -0.341 e. The molecule has 0 bridgehead atoms. The predicted molar refractivity (Wildman–Crippen MR) is 103 cm³/mol. The molecule has 1 fully saturated rings. The number of benzene rings is 1. The Labute approximate surface area is 163 Å². The summed E-state index contributed by atoms with van der Waals surface area (Å²) in [5.41, 5.74) is 8.08. The number of hydrogen-bond acceptors (Lipinski definition) is 6. The van der Waals surface area contributed by atoms with Crippen LogP contribution in [0.3, 0.4) is 0 Å². The van der Waals surface area contributed by atoms with Crippen LogP contribution < -0.4 is 10.6 Å². The molecule has 1 aromatic carbocycles. The fourth-order valence-electron chi connectivity index (χ4n) is 3.28. The van der Waals surface area contributed by atoms with Crippen molar-refractivity contribution < 1.29 is 0 Å². The summed E-state index contributed by atoms with van der Waals surface area (Å²) in [6.45, 7) is 1.39. The van der Waals surface area contributed by atoms with Crippen LogP contribution in [0.25, 0.3) is 11.0 Å². The molecule has 132 valence electrons. The van der Waals surface area contributed by atoms with E-state index < -0.39 is 5.54 Å². The van der Waals surface area contributed by atoms with Gasteiger partial charge in [0.05, 0.1) is 5.39 Å². The van der Waals surface area contributed by atoms with Crippen molar-refractivity contribution in [1.29, 1.82) is 5.26 Å². The van der Waals surface area contributed by atoms with Crippen molar-refractivity contribution >= 4 is 44.5 Å². The summed E-state index contributed by atoms with van der Waals surface area (Å²) in [4.78, 5) is 11.0. The minimum atomic E-state index is -0.404. The number of fused-ring (bicyclic) bond motifs is 1. The number of nitrogens with zero attached hydrogens (tertiary/aromatic N) is 5. The van der Waals surface area contributed by atoms with E-state index in [1.54, 1.807) is 0 Å². The van der Waals surface area contributed by atoms with Crippen LogP contribution in [0.1, 0.15) is 24.1 Å². The van der Waals surface area contributed by atoms with E-state index in [0.29, 0.717) is 45.4 Å². The molecule has 0 saturated carbocycles. The highest BCUT2D eigenvalue weighted by atomic mass is 79.9. The number of rotatable bonds is 2. The van der Waals surface area contributed by atoms with Crippen LogP contribution in [0.15, 0.2) is 28.9 Å². The van der Waals surface area contributed by atoms with E-state index in [1.807, 2.05) is 29.2 Å². The molecule has 3 aromatic rings. The van der Waals surface area contributed by atoms with Gasteiger partial charge in [-0.05, 0) is 46.5 Å². The maximum Gasteiger partial charge on any atom is 0.228 e. The van der Waals surface area contributed by atoms with Gasteiger partial charge in [-0.2, -0.15) is 15.3 Å². The maximum absolute atomic E-state index is 9.40. The normalized spacial score (nSPS) is 16.6. The highest BCUT2D eigenvalue weighted by Gasteiger charge is 2.33. The molecule has 4 rings (SSSR count). The predicted octanol–water partition coefficient (Wildman–Crippen LogP) is 3.09. The minimum absolute atomic E-state index is 0.299. The topological polar surface area (TPSA) is 108 Å². The van der Waals surface area contributed by atoms with Crippen LogP contribution in [0, 0.1) is 11.3 Å². The summed E-state index contributed by atoms with van der Waals surface area (Å²) in [5.74, 6) is 0.506. The Bertz CT molecular complexity index is 1000. The fourth-order valence-corrected chi connectivity index (χ4v) is 3.86. The average molecular weight is 433 g/mol. The van der Waals surface area contributed by atoms with Crippen LogP contribution in [-0.4, -0.2) is 33.3 Å². The third-order valence-electron chi connectivity index (χ3n) is 4.82. The van der Waals surface area contributed by atoms with Crippen molar-refractivity contribution in [1.82, 2.24) is 20.2 Å². The summed E-state index contributed by atoms with van der Waals surface area (Å²) >= 11 is 9.31. The molecule has 7 nitrogen and oxygen atoms in total. The van der Waals surface area contributed by atoms with E-state index in [2.05, 4.69) is 42.2 Å². The van der Waals surface area contributed by atoms with Gasteiger partial charge in [-0.25, -0.2) is 4.98 Å². The maximum atomic E-state index is 9.40. The second-order valence-corrected chi connectivity index (χ2v) is 7.60. The van der Waals surface area contributed by atoms with Gasteiger partial charge < -0.3 is 10.6 Å². The molecule has 0 atom stereocenters. The Morgan fingerprint density at radius 2 is 1.92 bits per heavy atom. The number of nitrogens with one attached hydrogen (secondary N) is 1. The Morgan fingerprint density at radius 1 is 1.23 bits per heavy atom. The average Bonchev–Trinajstić information content (AvgIpc) is 3.03. The fraction of sp³-hybridized carbons (Fsp3) is 0.294. The molecule has 0 spiro atoms. The number of aromatic nitrogens is 4. The van der Waals surface area contributed by atoms with Gasteiger partial charge in [-0.1, -0.05) is 23.7 Å². The van der Waals surface area contributed by atoms with E-state index in [1.165, 1.54) is 0 Å². The smallest absolute Gasteiger partial charge is 0.228 e. The van der Waals surface area contributed by atoms with Crippen molar-refractivity contribution in [2.24, 2.45) is 5.73 Å². The number of anilines is 1. The number of H-pyrrole nitrogens is 1. The lowest BCUT2D eigenvalue weighted by Gasteiger charge is -2.39. The molecule has 0 unspecified atom stereocenters. The van der Waals surface area contributed by atoms with Crippen LogP contribution in [0.5, 0.6) is 0 Å². The first-order valence-electron chi connectivity index (χ1n) is 8.12. The van der Waals surface area contributed by atoms with Crippen LogP contribution in [-0.2, 0) is 5.54 Å². The molecule has 2 aromatic heterocycles. The third-order valence-corrected chi connectivity index (χ3v) is 5.65. The zero-order valence-electron chi connectivity index (χ0n) is 13.7.